The largest absolute Gasteiger partial charge is 0.387 e. The molecule has 0 amide bonds. The Morgan fingerprint density at radius 1 is 1.39 bits per heavy atom. The molecule has 23 heavy (non-hydrogen) atoms. The molecule has 124 valence electrons. The van der Waals surface area contributed by atoms with Crippen LogP contribution in [0.4, 0.5) is 0 Å². The zero-order valence-electron chi connectivity index (χ0n) is 13.5. The van der Waals surface area contributed by atoms with Crippen LogP contribution in [0.5, 0.6) is 0 Å². The highest BCUT2D eigenvalue weighted by Crippen LogP contribution is 2.22. The van der Waals surface area contributed by atoms with E-state index in [2.05, 4.69) is 27.0 Å². The molecule has 2 aromatic rings. The maximum Gasteiger partial charge on any atom is 0.180 e. The molecule has 0 spiro atoms. The van der Waals surface area contributed by atoms with Crippen LogP contribution in [0.3, 0.4) is 0 Å². The maximum atomic E-state index is 10.4. The number of aryl methyl sites for hydroxylation is 1. The lowest BCUT2D eigenvalue weighted by molar-refractivity contribution is -0.0461. The van der Waals surface area contributed by atoms with E-state index in [9.17, 15) is 5.11 Å². The third-order valence-corrected chi connectivity index (χ3v) is 4.09. The van der Waals surface area contributed by atoms with Gasteiger partial charge in [-0.1, -0.05) is 37.3 Å². The molecule has 2 heterocycles. The minimum absolute atomic E-state index is 0.131. The van der Waals surface area contributed by atoms with Crippen LogP contribution >= 0.6 is 0 Å². The number of hydrogen-bond donors (Lipinski definition) is 2. The SMILES string of the molecule is CCCc1nc(C2CN(CC(O)c3ccccc3)CCO2)n[nH]1. The van der Waals surface area contributed by atoms with Crippen molar-refractivity contribution in [3.8, 4) is 0 Å². The van der Waals surface area contributed by atoms with Crippen molar-refractivity contribution < 1.29 is 9.84 Å². The van der Waals surface area contributed by atoms with Gasteiger partial charge in [0, 0.05) is 26.1 Å². The van der Waals surface area contributed by atoms with Crippen LogP contribution in [0.15, 0.2) is 30.3 Å². The van der Waals surface area contributed by atoms with E-state index in [1.807, 2.05) is 30.3 Å². The lowest BCUT2D eigenvalue weighted by Crippen LogP contribution is -2.40. The van der Waals surface area contributed by atoms with Crippen LogP contribution in [0, 0.1) is 0 Å². The smallest absolute Gasteiger partial charge is 0.180 e. The normalized spacial score (nSPS) is 20.5. The molecule has 2 N–H and O–H groups in total. The second-order valence-electron chi connectivity index (χ2n) is 5.94. The van der Waals surface area contributed by atoms with Gasteiger partial charge in [-0.3, -0.25) is 10.00 Å². The van der Waals surface area contributed by atoms with Crippen molar-refractivity contribution in [3.63, 3.8) is 0 Å². The first kappa shape index (κ1) is 16.1. The Balaban J connectivity index is 1.59. The quantitative estimate of drug-likeness (QED) is 0.851. The minimum Gasteiger partial charge on any atom is -0.387 e. The van der Waals surface area contributed by atoms with Gasteiger partial charge in [-0.15, -0.1) is 0 Å². The molecular formula is C17H24N4O2. The van der Waals surface area contributed by atoms with E-state index in [4.69, 9.17) is 4.74 Å². The number of nitrogens with zero attached hydrogens (tertiary/aromatic N) is 3. The first-order chi connectivity index (χ1) is 11.3. The molecule has 6 nitrogen and oxygen atoms in total. The number of aromatic nitrogens is 3. The molecule has 0 aliphatic carbocycles. The monoisotopic (exact) mass is 316 g/mol. The number of β-amino-alcohol motifs (C(OH)–C–C–N with tert-alkyl or cyclic N) is 1. The van der Waals surface area contributed by atoms with Crippen molar-refractivity contribution in [2.45, 2.75) is 32.0 Å². The van der Waals surface area contributed by atoms with Gasteiger partial charge in [-0.2, -0.15) is 5.10 Å². The first-order valence-corrected chi connectivity index (χ1v) is 8.24. The van der Waals surface area contributed by atoms with Gasteiger partial charge in [-0.05, 0) is 12.0 Å². The number of aromatic amines is 1. The van der Waals surface area contributed by atoms with Crippen molar-refractivity contribution in [1.82, 2.24) is 20.1 Å². The van der Waals surface area contributed by atoms with E-state index >= 15 is 0 Å². The molecule has 1 saturated heterocycles. The van der Waals surface area contributed by atoms with Crippen LogP contribution < -0.4 is 0 Å². The third kappa shape index (κ3) is 4.16. The van der Waals surface area contributed by atoms with E-state index in [0.29, 0.717) is 25.5 Å². The Kier molecular flexibility index (Phi) is 5.38. The predicted molar refractivity (Wildman–Crippen MR) is 86.9 cm³/mol. The Labute approximate surface area is 136 Å². The fraction of sp³-hybridized carbons (Fsp3) is 0.529. The summed E-state index contributed by atoms with van der Waals surface area (Å²) >= 11 is 0. The summed E-state index contributed by atoms with van der Waals surface area (Å²) in [7, 11) is 0. The summed E-state index contributed by atoms with van der Waals surface area (Å²) in [6, 6.07) is 9.76. The zero-order valence-corrected chi connectivity index (χ0v) is 13.5. The predicted octanol–water partition coefficient (Wildman–Crippen LogP) is 1.86. The van der Waals surface area contributed by atoms with Gasteiger partial charge in [0.25, 0.3) is 0 Å². The van der Waals surface area contributed by atoms with Gasteiger partial charge < -0.3 is 9.84 Å². The van der Waals surface area contributed by atoms with Gasteiger partial charge in [0.15, 0.2) is 5.82 Å². The van der Waals surface area contributed by atoms with Gasteiger partial charge in [0.2, 0.25) is 0 Å². The van der Waals surface area contributed by atoms with Gasteiger partial charge >= 0.3 is 0 Å². The lowest BCUT2D eigenvalue weighted by atomic mass is 10.1. The summed E-state index contributed by atoms with van der Waals surface area (Å²) < 4.78 is 5.80. The molecule has 1 aliphatic heterocycles. The number of hydrogen-bond acceptors (Lipinski definition) is 5. The van der Waals surface area contributed by atoms with E-state index in [-0.39, 0.29) is 6.10 Å². The Bertz CT molecular complexity index is 602. The topological polar surface area (TPSA) is 74.3 Å². The Morgan fingerprint density at radius 2 is 2.22 bits per heavy atom. The summed E-state index contributed by atoms with van der Waals surface area (Å²) in [6.45, 7) is 4.85. The Morgan fingerprint density at radius 3 is 3.00 bits per heavy atom. The highest BCUT2D eigenvalue weighted by Gasteiger charge is 2.26. The number of ether oxygens (including phenoxy) is 1. The van der Waals surface area contributed by atoms with Crippen molar-refractivity contribution in [2.24, 2.45) is 0 Å². The zero-order chi connectivity index (χ0) is 16.1. The fourth-order valence-electron chi connectivity index (χ4n) is 2.85. The van der Waals surface area contributed by atoms with Gasteiger partial charge in [0.1, 0.15) is 11.9 Å². The molecule has 6 heteroatoms. The number of H-pyrrole nitrogens is 1. The lowest BCUT2D eigenvalue weighted by Gasteiger charge is -2.32. The highest BCUT2D eigenvalue weighted by molar-refractivity contribution is 5.17. The molecule has 1 aromatic heterocycles. The number of nitrogens with one attached hydrogen (secondary N) is 1. The second kappa shape index (κ2) is 7.68. The highest BCUT2D eigenvalue weighted by atomic mass is 16.5. The minimum atomic E-state index is -0.488. The number of aliphatic hydroxyl groups excluding tert-OH is 1. The van der Waals surface area contributed by atoms with Crippen LogP contribution in [0.25, 0.3) is 0 Å². The molecule has 3 rings (SSSR count). The molecule has 1 aromatic carbocycles. The van der Waals surface area contributed by atoms with Crippen molar-refractivity contribution in [1.29, 1.82) is 0 Å². The summed E-state index contributed by atoms with van der Waals surface area (Å²) in [5.74, 6) is 1.62. The van der Waals surface area contributed by atoms with E-state index in [1.54, 1.807) is 0 Å². The third-order valence-electron chi connectivity index (χ3n) is 4.09. The maximum absolute atomic E-state index is 10.4. The standard InChI is InChI=1S/C17H24N4O2/c1-2-6-16-18-17(20-19-16)15-12-21(9-10-23-15)11-14(22)13-7-4-3-5-8-13/h3-5,7-8,14-15,22H,2,6,9-12H2,1H3,(H,18,19,20). The summed E-state index contributed by atoms with van der Waals surface area (Å²) in [4.78, 5) is 6.72. The van der Waals surface area contributed by atoms with Crippen LogP contribution in [-0.4, -0.2) is 51.4 Å². The molecule has 2 atom stereocenters. The number of rotatable bonds is 6. The summed E-state index contributed by atoms with van der Waals surface area (Å²) in [5.41, 5.74) is 0.943. The fourth-order valence-corrected chi connectivity index (χ4v) is 2.85. The number of morpholine rings is 1. The van der Waals surface area contributed by atoms with E-state index in [0.717, 1.165) is 30.8 Å². The van der Waals surface area contributed by atoms with Crippen molar-refractivity contribution >= 4 is 0 Å². The number of benzene rings is 1. The van der Waals surface area contributed by atoms with Crippen LogP contribution in [0.2, 0.25) is 0 Å². The molecule has 0 bridgehead atoms. The number of aliphatic hydroxyl groups is 1. The summed E-state index contributed by atoms with van der Waals surface area (Å²) in [5, 5.41) is 17.6. The van der Waals surface area contributed by atoms with Crippen LogP contribution in [-0.2, 0) is 11.2 Å². The molecule has 1 fully saturated rings. The van der Waals surface area contributed by atoms with E-state index < -0.39 is 6.10 Å². The molecule has 0 radical (unpaired) electrons. The summed E-state index contributed by atoms with van der Waals surface area (Å²) in [6.07, 6.45) is 1.32. The molecule has 2 unspecified atom stereocenters. The Hall–Kier alpha value is -1.76. The average molecular weight is 316 g/mol. The molecule has 1 aliphatic rings. The van der Waals surface area contributed by atoms with E-state index in [1.165, 1.54) is 0 Å². The molecule has 0 saturated carbocycles. The van der Waals surface area contributed by atoms with Crippen molar-refractivity contribution in [2.75, 3.05) is 26.2 Å². The van der Waals surface area contributed by atoms with Gasteiger partial charge in [-0.25, -0.2) is 4.98 Å². The first-order valence-electron chi connectivity index (χ1n) is 8.24. The average Bonchev–Trinajstić information content (AvgIpc) is 3.05. The van der Waals surface area contributed by atoms with Crippen LogP contribution in [0.1, 0.15) is 42.8 Å². The molecular weight excluding hydrogens is 292 g/mol. The van der Waals surface area contributed by atoms with Crippen molar-refractivity contribution in [3.05, 3.63) is 47.5 Å². The second-order valence-corrected chi connectivity index (χ2v) is 5.94. The van der Waals surface area contributed by atoms with Gasteiger partial charge in [0.05, 0.1) is 12.7 Å².